The Bertz CT molecular complexity index is 2970. The van der Waals surface area contributed by atoms with Crippen LogP contribution in [0, 0.1) is 29.2 Å². The van der Waals surface area contributed by atoms with Crippen LogP contribution in [0.4, 0.5) is 5.69 Å². The molecule has 50 heavy (non-hydrogen) atoms. The maximum Gasteiger partial charge on any atom is 0.189 e. The lowest BCUT2D eigenvalue weighted by molar-refractivity contribution is 1.18. The fourth-order valence-electron chi connectivity index (χ4n) is 7.36. The van der Waals surface area contributed by atoms with E-state index in [1.54, 1.807) is 0 Å². The summed E-state index contributed by atoms with van der Waals surface area (Å²) in [5, 5.41) is 24.2. The Morgan fingerprint density at radius 2 is 1.14 bits per heavy atom. The largest absolute Gasteiger partial charge is 0.310 e. The van der Waals surface area contributed by atoms with E-state index in [1.165, 1.54) is 0 Å². The van der Waals surface area contributed by atoms with Crippen molar-refractivity contribution in [2.75, 3.05) is 0 Å². The summed E-state index contributed by atoms with van der Waals surface area (Å²) in [5.74, 6) is 0. The Morgan fingerprint density at radius 1 is 0.460 bits per heavy atom. The van der Waals surface area contributed by atoms with Gasteiger partial charge in [-0.15, -0.1) is 0 Å². The lowest BCUT2D eigenvalue weighted by Crippen LogP contribution is -1.98. The third-order valence-corrected chi connectivity index (χ3v) is 9.54. The van der Waals surface area contributed by atoms with Gasteiger partial charge in [0.1, 0.15) is 0 Å². The molecule has 7 aromatic carbocycles. The second-order valence-corrected chi connectivity index (χ2v) is 12.3. The molecule has 0 saturated carbocycles. The normalized spacial score (nSPS) is 11.1. The first-order valence-corrected chi connectivity index (χ1v) is 16.2. The number of rotatable bonds is 4. The number of benzene rings is 7. The number of nitrogens with zero attached hydrogens (tertiary/aromatic N) is 5. The monoisotopic (exact) mass is 635 g/mol. The minimum Gasteiger partial charge on any atom is -0.310 e. The summed E-state index contributed by atoms with van der Waals surface area (Å²) in [5.41, 5.74) is 11.7. The summed E-state index contributed by atoms with van der Waals surface area (Å²) in [4.78, 5) is 3.73. The quantitative estimate of drug-likeness (QED) is 0.181. The zero-order valence-corrected chi connectivity index (χ0v) is 26.7. The number of fused-ring (bicyclic) bond motifs is 6. The van der Waals surface area contributed by atoms with Crippen molar-refractivity contribution in [1.29, 1.82) is 10.5 Å². The maximum atomic E-state index is 10.2. The Hall–Kier alpha value is -7.39. The highest BCUT2D eigenvalue weighted by Crippen LogP contribution is 2.39. The molecule has 0 aliphatic rings. The predicted octanol–water partition coefficient (Wildman–Crippen LogP) is 11.5. The van der Waals surface area contributed by atoms with Crippen LogP contribution in [-0.2, 0) is 0 Å². The predicted molar refractivity (Wildman–Crippen MR) is 202 cm³/mol. The zero-order valence-electron chi connectivity index (χ0n) is 26.7. The standard InChI is InChI=1S/C45H25N5/c1-48-34-18-19-39-37-12-3-7-16-43(37)50(45(39)26-34)41-14-5-2-11-36(41)33-22-30(28-47)21-32(24-33)31-9-8-10-35(25-31)49-42-15-6-4-13-38(42)40-23-29(27-46)17-20-44(40)49/h2-26H. The van der Waals surface area contributed by atoms with Crippen LogP contribution in [0.5, 0.6) is 0 Å². The van der Waals surface area contributed by atoms with Crippen molar-refractivity contribution in [3.8, 4) is 45.8 Å². The van der Waals surface area contributed by atoms with Crippen LogP contribution in [0.1, 0.15) is 11.1 Å². The summed E-state index contributed by atoms with van der Waals surface area (Å²) in [7, 11) is 0. The van der Waals surface area contributed by atoms with Crippen molar-refractivity contribution in [3.63, 3.8) is 0 Å². The molecule has 0 N–H and O–H groups in total. The smallest absolute Gasteiger partial charge is 0.189 e. The number of hydrogen-bond acceptors (Lipinski definition) is 2. The highest BCUT2D eigenvalue weighted by Gasteiger charge is 2.18. The topological polar surface area (TPSA) is 61.8 Å². The fourth-order valence-corrected chi connectivity index (χ4v) is 7.36. The van der Waals surface area contributed by atoms with Gasteiger partial charge >= 0.3 is 0 Å². The zero-order chi connectivity index (χ0) is 33.8. The van der Waals surface area contributed by atoms with Gasteiger partial charge in [-0.05, 0) is 89.5 Å². The van der Waals surface area contributed by atoms with E-state index in [0.29, 0.717) is 16.8 Å². The van der Waals surface area contributed by atoms with E-state index < -0.39 is 0 Å². The Kier molecular flexibility index (Phi) is 6.56. The van der Waals surface area contributed by atoms with Crippen LogP contribution in [0.2, 0.25) is 0 Å². The van der Waals surface area contributed by atoms with Gasteiger partial charge in [0.25, 0.3) is 0 Å². The van der Waals surface area contributed by atoms with Gasteiger partial charge in [-0.25, -0.2) is 4.85 Å². The van der Waals surface area contributed by atoms with Crippen molar-refractivity contribution < 1.29 is 0 Å². The van der Waals surface area contributed by atoms with E-state index >= 15 is 0 Å². The number of para-hydroxylation sites is 3. The van der Waals surface area contributed by atoms with Crippen molar-refractivity contribution in [3.05, 3.63) is 174 Å². The van der Waals surface area contributed by atoms with E-state index in [0.717, 1.165) is 77.2 Å². The summed E-state index contributed by atoms with van der Waals surface area (Å²) < 4.78 is 4.47. The van der Waals surface area contributed by atoms with Crippen LogP contribution in [0.15, 0.2) is 152 Å². The number of aromatic nitrogens is 2. The Balaban J connectivity index is 1.24. The first-order valence-electron chi connectivity index (χ1n) is 16.2. The molecule has 9 rings (SSSR count). The van der Waals surface area contributed by atoms with Gasteiger partial charge < -0.3 is 9.13 Å². The van der Waals surface area contributed by atoms with Gasteiger partial charge in [-0.1, -0.05) is 78.9 Å². The number of nitriles is 2. The molecule has 0 aliphatic heterocycles. The average Bonchev–Trinajstić information content (AvgIpc) is 3.69. The van der Waals surface area contributed by atoms with Crippen molar-refractivity contribution in [2.24, 2.45) is 0 Å². The van der Waals surface area contributed by atoms with Gasteiger partial charge in [-0.3, -0.25) is 0 Å². The summed E-state index contributed by atoms with van der Waals surface area (Å²) >= 11 is 0. The molecule has 0 atom stereocenters. The van der Waals surface area contributed by atoms with E-state index in [1.807, 2.05) is 84.9 Å². The van der Waals surface area contributed by atoms with E-state index in [-0.39, 0.29) is 0 Å². The van der Waals surface area contributed by atoms with Gasteiger partial charge in [0.2, 0.25) is 0 Å². The third-order valence-electron chi connectivity index (χ3n) is 9.54. The summed E-state index contributed by atoms with van der Waals surface area (Å²) in [6, 6.07) is 55.6. The lowest BCUT2D eigenvalue weighted by Gasteiger charge is -2.16. The molecule has 0 bridgehead atoms. The molecule has 0 spiro atoms. The third kappa shape index (κ3) is 4.45. The first-order chi connectivity index (χ1) is 24.6. The molecule has 2 heterocycles. The summed E-state index contributed by atoms with van der Waals surface area (Å²) in [6.07, 6.45) is 0. The molecule has 0 radical (unpaired) electrons. The molecule has 0 unspecified atom stereocenters. The van der Waals surface area contributed by atoms with Gasteiger partial charge in [0.15, 0.2) is 5.69 Å². The minimum atomic E-state index is 0.566. The SMILES string of the molecule is [C-]#[N+]c1ccc2c3ccccc3n(-c3ccccc3-c3cc(C#N)cc(-c4cccc(-n5c6ccccc6c6cc(C#N)ccc65)c4)c3)c2c1. The molecular weight excluding hydrogens is 611 g/mol. The fraction of sp³-hybridized carbons (Fsp3) is 0. The van der Waals surface area contributed by atoms with E-state index in [4.69, 9.17) is 6.57 Å². The van der Waals surface area contributed by atoms with Crippen LogP contribution in [0.3, 0.4) is 0 Å². The maximum absolute atomic E-state index is 10.2. The second kappa shape index (κ2) is 11.4. The molecule has 0 amide bonds. The Labute approximate surface area is 288 Å². The van der Waals surface area contributed by atoms with Crippen LogP contribution in [0.25, 0.3) is 82.1 Å². The van der Waals surface area contributed by atoms with Crippen LogP contribution in [-0.4, -0.2) is 9.13 Å². The molecule has 5 heteroatoms. The highest BCUT2D eigenvalue weighted by molar-refractivity contribution is 6.11. The second-order valence-electron chi connectivity index (χ2n) is 12.3. The molecule has 0 saturated heterocycles. The molecule has 9 aromatic rings. The van der Waals surface area contributed by atoms with Gasteiger partial charge in [-0.2, -0.15) is 10.5 Å². The van der Waals surface area contributed by atoms with Gasteiger partial charge in [0, 0.05) is 38.3 Å². The average molecular weight is 636 g/mol. The number of hydrogen-bond donors (Lipinski definition) is 0. The Morgan fingerprint density at radius 3 is 1.94 bits per heavy atom. The first kappa shape index (κ1) is 28.8. The molecule has 5 nitrogen and oxygen atoms in total. The van der Waals surface area contributed by atoms with Crippen LogP contribution < -0.4 is 0 Å². The highest BCUT2D eigenvalue weighted by atomic mass is 15.0. The minimum absolute atomic E-state index is 0.566. The molecule has 230 valence electrons. The summed E-state index contributed by atoms with van der Waals surface area (Å²) in [6.45, 7) is 7.68. The van der Waals surface area contributed by atoms with Crippen LogP contribution >= 0.6 is 0 Å². The van der Waals surface area contributed by atoms with Gasteiger partial charge in [0.05, 0.1) is 52.1 Å². The molecule has 0 aliphatic carbocycles. The van der Waals surface area contributed by atoms with E-state index in [2.05, 4.69) is 92.8 Å². The van der Waals surface area contributed by atoms with Crippen molar-refractivity contribution in [1.82, 2.24) is 9.13 Å². The molecular formula is C45H25N5. The molecule has 2 aromatic heterocycles. The molecule has 0 fully saturated rings. The van der Waals surface area contributed by atoms with Crippen molar-refractivity contribution in [2.45, 2.75) is 0 Å². The lowest BCUT2D eigenvalue weighted by atomic mass is 9.95. The van der Waals surface area contributed by atoms with E-state index in [9.17, 15) is 10.5 Å². The van der Waals surface area contributed by atoms with Crippen molar-refractivity contribution >= 4 is 49.3 Å².